The number of nitrogens with zero attached hydrogens (tertiary/aromatic N) is 1. The molecule has 1 heterocycles. The Kier molecular flexibility index (Phi) is 5.33. The lowest BCUT2D eigenvalue weighted by molar-refractivity contribution is 0.488. The Morgan fingerprint density at radius 2 is 2.06 bits per heavy atom. The smallest absolute Gasteiger partial charge is 0.252 e. The van der Waals surface area contributed by atoms with Gasteiger partial charge in [0.15, 0.2) is 0 Å². The maximum Gasteiger partial charge on any atom is 0.252 e. The minimum atomic E-state index is -3.31. The van der Waals surface area contributed by atoms with Crippen molar-refractivity contribution in [3.8, 4) is 0 Å². The molecule has 0 atom stereocenters. The minimum absolute atomic E-state index is 0.393. The van der Waals surface area contributed by atoms with E-state index in [4.69, 9.17) is 0 Å². The molecule has 0 amide bonds. The van der Waals surface area contributed by atoms with Crippen molar-refractivity contribution in [1.29, 1.82) is 0 Å². The topological polar surface area (TPSA) is 49.4 Å². The second-order valence-electron chi connectivity index (χ2n) is 4.63. The summed E-state index contributed by atoms with van der Waals surface area (Å²) in [6.45, 7) is 9.15. The molecule has 0 aromatic carbocycles. The molecule has 1 aromatic rings. The largest absolute Gasteiger partial charge is 0.310 e. The lowest BCUT2D eigenvalue weighted by Crippen LogP contribution is -2.25. The molecule has 1 rings (SSSR count). The summed E-state index contributed by atoms with van der Waals surface area (Å²) in [6, 6.07) is 2.16. The Hall–Kier alpha value is -0.430. The molecule has 18 heavy (non-hydrogen) atoms. The fourth-order valence-electron chi connectivity index (χ4n) is 1.41. The molecule has 0 aliphatic heterocycles. The summed E-state index contributed by atoms with van der Waals surface area (Å²) in [5.74, 6) is 0. The molecular formula is C12H22N2O2S2. The van der Waals surface area contributed by atoms with Crippen molar-refractivity contribution in [2.45, 2.75) is 44.5 Å². The van der Waals surface area contributed by atoms with Crippen molar-refractivity contribution in [3.63, 3.8) is 0 Å². The van der Waals surface area contributed by atoms with Crippen LogP contribution < -0.4 is 5.32 Å². The lowest BCUT2D eigenvalue weighted by Gasteiger charge is -2.12. The first-order valence-electron chi connectivity index (χ1n) is 6.08. The summed E-state index contributed by atoms with van der Waals surface area (Å²) >= 11 is 1.36. The van der Waals surface area contributed by atoms with Gasteiger partial charge in [0.2, 0.25) is 0 Å². The van der Waals surface area contributed by atoms with Crippen LogP contribution in [0.3, 0.4) is 0 Å². The van der Waals surface area contributed by atoms with Gasteiger partial charge in [-0.15, -0.1) is 11.3 Å². The highest BCUT2D eigenvalue weighted by Crippen LogP contribution is 2.27. The molecule has 0 fully saturated rings. The first-order chi connectivity index (χ1) is 8.28. The van der Waals surface area contributed by atoms with E-state index < -0.39 is 10.0 Å². The molecule has 6 heteroatoms. The lowest BCUT2D eigenvalue weighted by atomic mass is 10.3. The quantitative estimate of drug-likeness (QED) is 0.874. The van der Waals surface area contributed by atoms with Crippen molar-refractivity contribution < 1.29 is 8.42 Å². The molecule has 0 radical (unpaired) electrons. The number of hydrogen-bond donors (Lipinski definition) is 1. The van der Waals surface area contributed by atoms with Crippen LogP contribution in [0.4, 0.5) is 0 Å². The van der Waals surface area contributed by atoms with E-state index in [-0.39, 0.29) is 0 Å². The van der Waals surface area contributed by atoms with Crippen LogP contribution in [0.25, 0.3) is 0 Å². The molecule has 0 saturated heterocycles. The second kappa shape index (κ2) is 6.14. The predicted molar refractivity (Wildman–Crippen MR) is 76.5 cm³/mol. The first kappa shape index (κ1) is 15.6. The third-order valence-corrected chi connectivity index (χ3v) is 6.40. The van der Waals surface area contributed by atoms with Gasteiger partial charge in [0.25, 0.3) is 10.0 Å². The average molecular weight is 290 g/mol. The van der Waals surface area contributed by atoms with Gasteiger partial charge < -0.3 is 5.32 Å². The summed E-state index contributed by atoms with van der Waals surface area (Å²) in [4.78, 5) is 1.09. The highest BCUT2D eigenvalue weighted by atomic mass is 32.2. The van der Waals surface area contributed by atoms with Gasteiger partial charge in [-0.05, 0) is 18.6 Å². The fraction of sp³-hybridized carbons (Fsp3) is 0.667. The van der Waals surface area contributed by atoms with Crippen LogP contribution in [0.2, 0.25) is 0 Å². The number of rotatable bonds is 6. The zero-order chi connectivity index (χ0) is 13.9. The number of aryl methyl sites for hydroxylation is 1. The first-order valence-corrected chi connectivity index (χ1v) is 8.33. The van der Waals surface area contributed by atoms with Crippen LogP contribution in [-0.4, -0.2) is 32.4 Å². The van der Waals surface area contributed by atoms with E-state index in [0.717, 1.165) is 17.0 Å². The fourth-order valence-corrected chi connectivity index (χ4v) is 4.34. The molecule has 104 valence electrons. The van der Waals surface area contributed by atoms with Crippen LogP contribution >= 0.6 is 11.3 Å². The molecule has 0 bridgehead atoms. The summed E-state index contributed by atoms with van der Waals surface area (Å²) in [5, 5.41) is 3.31. The Balaban J connectivity index is 2.97. The molecule has 4 nitrogen and oxygen atoms in total. The standard InChI is InChI=1S/C12H22N2O2S2/c1-6-14(5)18(15,16)12-7-10(4)11(17-12)8-13-9(2)3/h7,9,13H,6,8H2,1-5H3. The minimum Gasteiger partial charge on any atom is -0.310 e. The van der Waals surface area contributed by atoms with Gasteiger partial charge in [0, 0.05) is 31.1 Å². The molecule has 1 aromatic heterocycles. The van der Waals surface area contributed by atoms with Crippen LogP contribution in [0.1, 0.15) is 31.2 Å². The van der Waals surface area contributed by atoms with Crippen LogP contribution in [-0.2, 0) is 16.6 Å². The number of thiophene rings is 1. The van der Waals surface area contributed by atoms with Gasteiger partial charge in [-0.3, -0.25) is 0 Å². The van der Waals surface area contributed by atoms with Crippen molar-refractivity contribution in [3.05, 3.63) is 16.5 Å². The van der Waals surface area contributed by atoms with E-state index in [1.165, 1.54) is 15.6 Å². The molecular weight excluding hydrogens is 268 g/mol. The number of hydrogen-bond acceptors (Lipinski definition) is 4. The van der Waals surface area contributed by atoms with E-state index in [2.05, 4.69) is 19.2 Å². The molecule has 0 unspecified atom stereocenters. The van der Waals surface area contributed by atoms with Crippen molar-refractivity contribution in [2.24, 2.45) is 0 Å². The zero-order valence-electron chi connectivity index (χ0n) is 11.6. The third kappa shape index (κ3) is 3.54. The Morgan fingerprint density at radius 3 is 2.56 bits per heavy atom. The summed E-state index contributed by atoms with van der Waals surface area (Å²) in [5.41, 5.74) is 1.04. The summed E-state index contributed by atoms with van der Waals surface area (Å²) in [7, 11) is -1.70. The van der Waals surface area contributed by atoms with Crippen molar-refractivity contribution in [2.75, 3.05) is 13.6 Å². The van der Waals surface area contributed by atoms with Gasteiger partial charge in [0.1, 0.15) is 4.21 Å². The molecule has 0 spiro atoms. The maximum atomic E-state index is 12.2. The zero-order valence-corrected chi connectivity index (χ0v) is 13.3. The molecule has 0 saturated carbocycles. The molecule has 1 N–H and O–H groups in total. The van der Waals surface area contributed by atoms with Gasteiger partial charge >= 0.3 is 0 Å². The second-order valence-corrected chi connectivity index (χ2v) is 8.03. The summed E-state index contributed by atoms with van der Waals surface area (Å²) in [6.07, 6.45) is 0. The summed E-state index contributed by atoms with van der Waals surface area (Å²) < 4.78 is 26.2. The van der Waals surface area contributed by atoms with Crippen molar-refractivity contribution in [1.82, 2.24) is 9.62 Å². The van der Waals surface area contributed by atoms with Crippen molar-refractivity contribution >= 4 is 21.4 Å². The highest BCUT2D eigenvalue weighted by molar-refractivity contribution is 7.91. The van der Waals surface area contributed by atoms with Crippen LogP contribution in [0.5, 0.6) is 0 Å². The van der Waals surface area contributed by atoms with E-state index in [9.17, 15) is 8.42 Å². The molecule has 0 aliphatic carbocycles. The Labute approximate surface area is 114 Å². The van der Waals surface area contributed by atoms with E-state index in [1.54, 1.807) is 13.1 Å². The van der Waals surface area contributed by atoms with Gasteiger partial charge in [-0.25, -0.2) is 12.7 Å². The van der Waals surface area contributed by atoms with Gasteiger partial charge in [0.05, 0.1) is 0 Å². The molecule has 0 aliphatic rings. The average Bonchev–Trinajstić information content (AvgIpc) is 2.67. The maximum absolute atomic E-state index is 12.2. The predicted octanol–water partition coefficient (Wildman–Crippen LogP) is 2.19. The normalized spacial score (nSPS) is 12.6. The van der Waals surface area contributed by atoms with Crippen LogP contribution in [0, 0.1) is 6.92 Å². The third-order valence-electron chi connectivity index (χ3n) is 2.78. The van der Waals surface area contributed by atoms with E-state index >= 15 is 0 Å². The monoisotopic (exact) mass is 290 g/mol. The Bertz CT molecular complexity index is 492. The Morgan fingerprint density at radius 1 is 1.44 bits per heavy atom. The SMILES string of the molecule is CCN(C)S(=O)(=O)c1cc(C)c(CNC(C)C)s1. The van der Waals surface area contributed by atoms with E-state index in [1.807, 2.05) is 13.8 Å². The van der Waals surface area contributed by atoms with Gasteiger partial charge in [-0.1, -0.05) is 20.8 Å². The van der Waals surface area contributed by atoms with Gasteiger partial charge in [-0.2, -0.15) is 0 Å². The van der Waals surface area contributed by atoms with Crippen LogP contribution in [0.15, 0.2) is 10.3 Å². The number of nitrogens with one attached hydrogen (secondary N) is 1. The van der Waals surface area contributed by atoms with E-state index in [0.29, 0.717) is 16.8 Å². The number of sulfonamides is 1. The highest BCUT2D eigenvalue weighted by Gasteiger charge is 2.22.